The Hall–Kier alpha value is -1.81. The molecular formula is C21H29ClN2O2. The number of unbranched alkanes of at least 4 members (excludes halogenated alkanes) is 1. The van der Waals surface area contributed by atoms with Crippen molar-refractivity contribution in [1.82, 2.24) is 9.78 Å². The summed E-state index contributed by atoms with van der Waals surface area (Å²) < 4.78 is 7.45. The molecule has 26 heavy (non-hydrogen) atoms. The molecule has 5 heteroatoms. The molecule has 2 rings (SSSR count). The number of hydrogen-bond donors (Lipinski definition) is 0. The van der Waals surface area contributed by atoms with Crippen molar-refractivity contribution >= 4 is 17.6 Å². The lowest BCUT2D eigenvalue weighted by molar-refractivity contribution is -0.139. The normalized spacial score (nSPS) is 12.8. The van der Waals surface area contributed by atoms with Crippen LogP contribution in [0.2, 0.25) is 5.02 Å². The van der Waals surface area contributed by atoms with E-state index in [2.05, 4.69) is 32.8 Å². The fourth-order valence-electron chi connectivity index (χ4n) is 2.72. The second-order valence-corrected chi connectivity index (χ2v) is 8.11. The van der Waals surface area contributed by atoms with Gasteiger partial charge in [-0.15, -0.1) is 0 Å². The van der Waals surface area contributed by atoms with Crippen LogP contribution in [0.3, 0.4) is 0 Å². The topological polar surface area (TPSA) is 44.1 Å². The van der Waals surface area contributed by atoms with Crippen LogP contribution in [0.15, 0.2) is 30.3 Å². The lowest BCUT2D eigenvalue weighted by atomic mass is 9.93. The van der Waals surface area contributed by atoms with Gasteiger partial charge in [-0.2, -0.15) is 5.10 Å². The molecule has 2 aromatic rings. The largest absolute Gasteiger partial charge is 0.407 e. The van der Waals surface area contributed by atoms with Gasteiger partial charge >= 0.3 is 5.97 Å². The molecule has 1 heterocycles. The molecule has 0 saturated carbocycles. The number of hydrogen-bond acceptors (Lipinski definition) is 3. The van der Waals surface area contributed by atoms with Crippen LogP contribution in [-0.4, -0.2) is 15.7 Å². The van der Waals surface area contributed by atoms with E-state index in [1.807, 2.05) is 37.3 Å². The SMILES string of the molecule is CCCCC(CC)C(=O)Oc1cc(C(C)(C)C)nn1-c1cccc(Cl)c1. The zero-order valence-corrected chi connectivity index (χ0v) is 17.1. The highest BCUT2D eigenvalue weighted by molar-refractivity contribution is 6.30. The molecule has 1 atom stereocenters. The van der Waals surface area contributed by atoms with Crippen LogP contribution < -0.4 is 4.74 Å². The summed E-state index contributed by atoms with van der Waals surface area (Å²) in [6, 6.07) is 9.23. The Kier molecular flexibility index (Phi) is 6.87. The van der Waals surface area contributed by atoms with Gasteiger partial charge in [0.05, 0.1) is 17.3 Å². The molecule has 1 unspecified atom stereocenters. The molecule has 142 valence electrons. The summed E-state index contributed by atoms with van der Waals surface area (Å²) in [5.74, 6) is 0.164. The quantitative estimate of drug-likeness (QED) is 0.561. The molecule has 1 aromatic heterocycles. The van der Waals surface area contributed by atoms with Gasteiger partial charge in [-0.25, -0.2) is 4.68 Å². The first-order chi connectivity index (χ1) is 12.3. The first-order valence-corrected chi connectivity index (χ1v) is 9.72. The van der Waals surface area contributed by atoms with Gasteiger partial charge in [0.15, 0.2) is 0 Å². The Morgan fingerprint density at radius 2 is 2.00 bits per heavy atom. The third-order valence-electron chi connectivity index (χ3n) is 4.44. The van der Waals surface area contributed by atoms with Crippen molar-refractivity contribution in [3.63, 3.8) is 0 Å². The highest BCUT2D eigenvalue weighted by Crippen LogP contribution is 2.29. The fourth-order valence-corrected chi connectivity index (χ4v) is 2.91. The van der Waals surface area contributed by atoms with Crippen LogP contribution in [0.25, 0.3) is 5.69 Å². The Morgan fingerprint density at radius 3 is 2.58 bits per heavy atom. The maximum absolute atomic E-state index is 12.7. The van der Waals surface area contributed by atoms with E-state index < -0.39 is 0 Å². The van der Waals surface area contributed by atoms with Gasteiger partial charge in [-0.1, -0.05) is 65.1 Å². The predicted octanol–water partition coefficient (Wildman–Crippen LogP) is 5.95. The molecule has 0 bridgehead atoms. The molecule has 0 amide bonds. The summed E-state index contributed by atoms with van der Waals surface area (Å²) in [6.45, 7) is 10.4. The highest BCUT2D eigenvalue weighted by atomic mass is 35.5. The van der Waals surface area contributed by atoms with Gasteiger partial charge in [-0.3, -0.25) is 4.79 Å². The number of benzene rings is 1. The molecule has 0 aliphatic rings. The summed E-state index contributed by atoms with van der Waals surface area (Å²) in [6.07, 6.45) is 3.71. The summed E-state index contributed by atoms with van der Waals surface area (Å²) in [7, 11) is 0. The highest BCUT2D eigenvalue weighted by Gasteiger charge is 2.25. The Bertz CT molecular complexity index is 747. The second kappa shape index (κ2) is 8.72. The first-order valence-electron chi connectivity index (χ1n) is 9.34. The average molecular weight is 377 g/mol. The van der Waals surface area contributed by atoms with E-state index in [9.17, 15) is 4.79 Å². The van der Waals surface area contributed by atoms with Gasteiger partial charge < -0.3 is 4.74 Å². The maximum Gasteiger partial charge on any atom is 0.315 e. The van der Waals surface area contributed by atoms with Crippen LogP contribution in [0.5, 0.6) is 5.88 Å². The second-order valence-electron chi connectivity index (χ2n) is 7.68. The van der Waals surface area contributed by atoms with Crippen LogP contribution >= 0.6 is 11.6 Å². The zero-order valence-electron chi connectivity index (χ0n) is 16.4. The lowest BCUT2D eigenvalue weighted by Gasteiger charge is -2.14. The minimum atomic E-state index is -0.190. The predicted molar refractivity (Wildman–Crippen MR) is 106 cm³/mol. The summed E-state index contributed by atoms with van der Waals surface area (Å²) in [5.41, 5.74) is 1.48. The van der Waals surface area contributed by atoms with E-state index in [4.69, 9.17) is 16.3 Å². The average Bonchev–Trinajstić information content (AvgIpc) is 2.99. The molecule has 4 nitrogen and oxygen atoms in total. The minimum Gasteiger partial charge on any atom is -0.407 e. The van der Waals surface area contributed by atoms with Crippen LogP contribution in [0.1, 0.15) is 66.0 Å². The van der Waals surface area contributed by atoms with Crippen molar-refractivity contribution in [2.24, 2.45) is 5.92 Å². The summed E-state index contributed by atoms with van der Waals surface area (Å²) in [4.78, 5) is 12.7. The van der Waals surface area contributed by atoms with E-state index in [1.54, 1.807) is 4.68 Å². The number of carbonyl (C=O) groups is 1. The molecule has 0 aliphatic carbocycles. The Balaban J connectivity index is 2.37. The van der Waals surface area contributed by atoms with Gasteiger partial charge in [0.1, 0.15) is 0 Å². The molecule has 0 aliphatic heterocycles. The van der Waals surface area contributed by atoms with E-state index in [0.29, 0.717) is 10.9 Å². The number of ether oxygens (including phenoxy) is 1. The lowest BCUT2D eigenvalue weighted by Crippen LogP contribution is -2.21. The molecule has 0 fully saturated rings. The van der Waals surface area contributed by atoms with E-state index >= 15 is 0 Å². The van der Waals surface area contributed by atoms with Gasteiger partial charge in [-0.05, 0) is 31.0 Å². The number of carbonyl (C=O) groups excluding carboxylic acids is 1. The minimum absolute atomic E-state index is 0.0873. The summed E-state index contributed by atoms with van der Waals surface area (Å²) >= 11 is 6.13. The van der Waals surface area contributed by atoms with Crippen LogP contribution in [0.4, 0.5) is 0 Å². The Morgan fingerprint density at radius 1 is 1.27 bits per heavy atom. The van der Waals surface area contributed by atoms with Crippen molar-refractivity contribution in [2.75, 3.05) is 0 Å². The third kappa shape index (κ3) is 5.10. The van der Waals surface area contributed by atoms with Crippen molar-refractivity contribution in [3.05, 3.63) is 41.0 Å². The smallest absolute Gasteiger partial charge is 0.315 e. The maximum atomic E-state index is 12.7. The fraction of sp³-hybridized carbons (Fsp3) is 0.524. The van der Waals surface area contributed by atoms with E-state index in [0.717, 1.165) is 37.1 Å². The summed E-state index contributed by atoms with van der Waals surface area (Å²) in [5, 5.41) is 5.29. The molecule has 1 aromatic carbocycles. The molecule has 0 radical (unpaired) electrons. The molecule has 0 saturated heterocycles. The number of aromatic nitrogens is 2. The van der Waals surface area contributed by atoms with Gasteiger partial charge in [0.25, 0.3) is 0 Å². The van der Waals surface area contributed by atoms with Gasteiger partial charge in [0.2, 0.25) is 5.88 Å². The first kappa shape index (κ1) is 20.5. The number of esters is 1. The zero-order chi connectivity index (χ0) is 19.3. The standard InChI is InChI=1S/C21H29ClN2O2/c1-6-8-10-15(7-2)20(25)26-19-14-18(21(3,4)5)23-24(19)17-12-9-11-16(22)13-17/h9,11-15H,6-8,10H2,1-5H3. The number of halogens is 1. The van der Waals surface area contributed by atoms with E-state index in [1.165, 1.54) is 0 Å². The van der Waals surface area contributed by atoms with Crippen LogP contribution in [0, 0.1) is 5.92 Å². The third-order valence-corrected chi connectivity index (χ3v) is 4.67. The van der Waals surface area contributed by atoms with Gasteiger partial charge in [0, 0.05) is 16.5 Å². The molecule has 0 spiro atoms. The van der Waals surface area contributed by atoms with E-state index in [-0.39, 0.29) is 17.3 Å². The monoisotopic (exact) mass is 376 g/mol. The number of nitrogens with zero attached hydrogens (tertiary/aromatic N) is 2. The van der Waals surface area contributed by atoms with Crippen molar-refractivity contribution in [2.45, 2.75) is 65.7 Å². The molecular weight excluding hydrogens is 348 g/mol. The van der Waals surface area contributed by atoms with Crippen LogP contribution in [-0.2, 0) is 10.2 Å². The Labute approximate surface area is 161 Å². The van der Waals surface area contributed by atoms with Crippen molar-refractivity contribution in [1.29, 1.82) is 0 Å². The number of rotatable bonds is 7. The van der Waals surface area contributed by atoms with Crippen molar-refractivity contribution in [3.8, 4) is 11.6 Å². The molecule has 0 N–H and O–H groups in total. The van der Waals surface area contributed by atoms with Crippen molar-refractivity contribution < 1.29 is 9.53 Å².